The smallest absolute Gasteiger partial charge is 0.266 e. The predicted molar refractivity (Wildman–Crippen MR) is 100 cm³/mol. The lowest BCUT2D eigenvalue weighted by atomic mass is 10.1. The summed E-state index contributed by atoms with van der Waals surface area (Å²) in [7, 11) is 0. The number of carbonyl (C=O) groups excluding carboxylic acids is 1. The molecule has 1 amide bonds. The molecule has 0 bridgehead atoms. The first-order valence-electron chi connectivity index (χ1n) is 7.60. The molecule has 0 saturated heterocycles. The summed E-state index contributed by atoms with van der Waals surface area (Å²) >= 11 is 3.24. The van der Waals surface area contributed by atoms with Crippen LogP contribution in [0.1, 0.15) is 18.1 Å². The number of rotatable bonds is 5. The van der Waals surface area contributed by atoms with Gasteiger partial charge in [-0.15, -0.1) is 0 Å². The van der Waals surface area contributed by atoms with Crippen LogP contribution in [0.4, 0.5) is 5.69 Å². The molecule has 6 heteroatoms. The Labute approximate surface area is 154 Å². The lowest BCUT2D eigenvalue weighted by Gasteiger charge is -2.09. The molecule has 0 aliphatic heterocycles. The van der Waals surface area contributed by atoms with Gasteiger partial charge in [-0.25, -0.2) is 0 Å². The van der Waals surface area contributed by atoms with Crippen molar-refractivity contribution >= 4 is 33.6 Å². The second-order valence-electron chi connectivity index (χ2n) is 5.22. The number of ether oxygens (including phenoxy) is 1. The molecule has 0 aromatic heterocycles. The highest BCUT2D eigenvalue weighted by Crippen LogP contribution is 2.36. The van der Waals surface area contributed by atoms with Gasteiger partial charge in [-0.2, -0.15) is 5.26 Å². The van der Waals surface area contributed by atoms with Gasteiger partial charge in [-0.3, -0.25) is 4.79 Å². The standard InChI is InChI=1S/C19H17BrN2O3/c1-3-25-17-10-13(9-15(20)18(17)23)8-14(11-21)19(24)22-16-7-5-4-6-12(16)2/h4-10,23H,3H2,1-2H3,(H,22,24)/b14-8-. The number of aromatic hydroxyl groups is 1. The largest absolute Gasteiger partial charge is 0.503 e. The normalized spacial score (nSPS) is 10.9. The first kappa shape index (κ1) is 18.6. The molecule has 25 heavy (non-hydrogen) atoms. The Hall–Kier alpha value is -2.78. The van der Waals surface area contributed by atoms with E-state index in [1.165, 1.54) is 6.08 Å². The van der Waals surface area contributed by atoms with Crippen molar-refractivity contribution < 1.29 is 14.6 Å². The molecule has 2 aromatic carbocycles. The lowest BCUT2D eigenvalue weighted by Crippen LogP contribution is -2.14. The van der Waals surface area contributed by atoms with Crippen LogP contribution in [0.25, 0.3) is 6.08 Å². The van der Waals surface area contributed by atoms with Gasteiger partial charge in [0.05, 0.1) is 11.1 Å². The number of hydrogen-bond acceptors (Lipinski definition) is 4. The number of nitrogens with zero attached hydrogens (tertiary/aromatic N) is 1. The van der Waals surface area contributed by atoms with E-state index in [0.29, 0.717) is 22.3 Å². The van der Waals surface area contributed by atoms with Crippen LogP contribution in [0.2, 0.25) is 0 Å². The van der Waals surface area contributed by atoms with Gasteiger partial charge in [-0.05, 0) is 65.2 Å². The van der Waals surface area contributed by atoms with Crippen LogP contribution in [0.5, 0.6) is 11.5 Å². The Morgan fingerprint density at radius 1 is 1.40 bits per heavy atom. The fraction of sp³-hybridized carbons (Fsp3) is 0.158. The summed E-state index contributed by atoms with van der Waals surface area (Å²) in [5.41, 5.74) is 2.06. The lowest BCUT2D eigenvalue weighted by molar-refractivity contribution is -0.112. The number of anilines is 1. The van der Waals surface area contributed by atoms with Gasteiger partial charge in [0, 0.05) is 5.69 Å². The number of phenolic OH excluding ortho intramolecular Hbond substituents is 1. The van der Waals surface area contributed by atoms with Gasteiger partial charge in [0.15, 0.2) is 11.5 Å². The van der Waals surface area contributed by atoms with Gasteiger partial charge in [0.25, 0.3) is 5.91 Å². The number of halogens is 1. The van der Waals surface area contributed by atoms with Crippen LogP contribution in [0.3, 0.4) is 0 Å². The number of aryl methyl sites for hydroxylation is 1. The molecule has 0 radical (unpaired) electrons. The minimum Gasteiger partial charge on any atom is -0.503 e. The molecule has 0 atom stereocenters. The predicted octanol–water partition coefficient (Wildman–Crippen LogP) is 4.41. The topological polar surface area (TPSA) is 82.3 Å². The molecule has 0 heterocycles. The third kappa shape index (κ3) is 4.61. The number of benzene rings is 2. The number of amides is 1. The van der Waals surface area contributed by atoms with Gasteiger partial charge in [0.2, 0.25) is 0 Å². The number of nitriles is 1. The SMILES string of the molecule is CCOc1cc(/C=C(/C#N)C(=O)Nc2ccccc2C)cc(Br)c1O. The zero-order chi connectivity index (χ0) is 18.4. The van der Waals surface area contributed by atoms with E-state index < -0.39 is 5.91 Å². The van der Waals surface area contributed by atoms with Crippen molar-refractivity contribution in [3.63, 3.8) is 0 Å². The maximum Gasteiger partial charge on any atom is 0.266 e. The molecule has 2 aromatic rings. The average molecular weight is 401 g/mol. The third-order valence-corrected chi connectivity index (χ3v) is 4.02. The minimum atomic E-state index is -0.501. The fourth-order valence-electron chi connectivity index (χ4n) is 2.16. The Morgan fingerprint density at radius 3 is 2.76 bits per heavy atom. The van der Waals surface area contributed by atoms with Crippen LogP contribution in [-0.2, 0) is 4.79 Å². The molecular weight excluding hydrogens is 384 g/mol. The van der Waals surface area contributed by atoms with E-state index in [0.717, 1.165) is 5.56 Å². The average Bonchev–Trinajstić information content (AvgIpc) is 2.59. The highest BCUT2D eigenvalue weighted by molar-refractivity contribution is 9.10. The fourth-order valence-corrected chi connectivity index (χ4v) is 2.62. The van der Waals surface area contributed by atoms with Crippen LogP contribution in [0, 0.1) is 18.3 Å². The maximum atomic E-state index is 12.4. The summed E-state index contributed by atoms with van der Waals surface area (Å²) in [4.78, 5) is 12.4. The van der Waals surface area contributed by atoms with Gasteiger partial charge >= 0.3 is 0 Å². The van der Waals surface area contributed by atoms with Gasteiger partial charge in [0.1, 0.15) is 11.6 Å². The van der Waals surface area contributed by atoms with E-state index in [1.54, 1.807) is 25.1 Å². The monoisotopic (exact) mass is 400 g/mol. The molecule has 0 saturated carbocycles. The second kappa shape index (κ2) is 8.36. The quantitative estimate of drug-likeness (QED) is 0.575. The number of para-hydroxylation sites is 1. The van der Waals surface area contributed by atoms with E-state index in [2.05, 4.69) is 21.2 Å². The van der Waals surface area contributed by atoms with Crippen molar-refractivity contribution in [2.24, 2.45) is 0 Å². The van der Waals surface area contributed by atoms with Crippen molar-refractivity contribution in [3.05, 3.63) is 57.6 Å². The second-order valence-corrected chi connectivity index (χ2v) is 6.08. The van der Waals surface area contributed by atoms with Crippen LogP contribution >= 0.6 is 15.9 Å². The Kier molecular flexibility index (Phi) is 6.20. The van der Waals surface area contributed by atoms with Gasteiger partial charge in [-0.1, -0.05) is 18.2 Å². The zero-order valence-corrected chi connectivity index (χ0v) is 15.4. The van der Waals surface area contributed by atoms with Crippen LogP contribution < -0.4 is 10.1 Å². The molecule has 0 fully saturated rings. The molecule has 0 aliphatic carbocycles. The molecule has 0 aliphatic rings. The highest BCUT2D eigenvalue weighted by atomic mass is 79.9. The first-order valence-corrected chi connectivity index (χ1v) is 8.39. The zero-order valence-electron chi connectivity index (χ0n) is 13.8. The summed E-state index contributed by atoms with van der Waals surface area (Å²) in [5.74, 6) is -0.249. The summed E-state index contributed by atoms with van der Waals surface area (Å²) in [5, 5.41) is 22.0. The van der Waals surface area contributed by atoms with Crippen molar-refractivity contribution in [1.82, 2.24) is 0 Å². The van der Waals surface area contributed by atoms with E-state index in [-0.39, 0.29) is 17.1 Å². The molecule has 5 nitrogen and oxygen atoms in total. The first-order chi connectivity index (χ1) is 12.0. The minimum absolute atomic E-state index is 0.0260. The summed E-state index contributed by atoms with van der Waals surface area (Å²) in [6, 6.07) is 12.4. The molecule has 2 N–H and O–H groups in total. The summed E-state index contributed by atoms with van der Waals surface area (Å²) in [6.07, 6.45) is 1.44. The Morgan fingerprint density at radius 2 is 2.12 bits per heavy atom. The van der Waals surface area contributed by atoms with E-state index in [4.69, 9.17) is 4.74 Å². The van der Waals surface area contributed by atoms with Crippen molar-refractivity contribution in [1.29, 1.82) is 5.26 Å². The third-order valence-electron chi connectivity index (χ3n) is 3.42. The number of phenols is 1. The van der Waals surface area contributed by atoms with Crippen LogP contribution in [0.15, 0.2) is 46.4 Å². The van der Waals surface area contributed by atoms with Crippen LogP contribution in [-0.4, -0.2) is 17.6 Å². The summed E-state index contributed by atoms with van der Waals surface area (Å²) < 4.78 is 5.77. The molecule has 0 spiro atoms. The molecule has 128 valence electrons. The van der Waals surface area contributed by atoms with E-state index in [1.807, 2.05) is 31.2 Å². The molecular formula is C19H17BrN2O3. The molecule has 0 unspecified atom stereocenters. The molecule has 2 rings (SSSR count). The highest BCUT2D eigenvalue weighted by Gasteiger charge is 2.13. The number of carbonyl (C=O) groups is 1. The number of nitrogens with one attached hydrogen (secondary N) is 1. The number of hydrogen-bond donors (Lipinski definition) is 2. The summed E-state index contributed by atoms with van der Waals surface area (Å²) in [6.45, 7) is 4.05. The van der Waals surface area contributed by atoms with Crippen molar-refractivity contribution in [2.45, 2.75) is 13.8 Å². The van der Waals surface area contributed by atoms with E-state index in [9.17, 15) is 15.2 Å². The Bertz CT molecular complexity index is 869. The van der Waals surface area contributed by atoms with E-state index >= 15 is 0 Å². The maximum absolute atomic E-state index is 12.4. The van der Waals surface area contributed by atoms with Crippen molar-refractivity contribution in [3.8, 4) is 17.6 Å². The van der Waals surface area contributed by atoms with Gasteiger partial charge < -0.3 is 15.2 Å². The Balaban J connectivity index is 2.32. The van der Waals surface area contributed by atoms with Crippen molar-refractivity contribution in [2.75, 3.05) is 11.9 Å².